The molecular formula is C10H12N4O2. The number of amides is 1. The third-order valence-corrected chi connectivity index (χ3v) is 1.40. The minimum Gasteiger partial charge on any atom is -0.444 e. The monoisotopic (exact) mass is 220 g/mol. The molecule has 1 rings (SSSR count). The van der Waals surface area contributed by atoms with Crippen molar-refractivity contribution in [1.29, 1.82) is 5.26 Å². The zero-order chi connectivity index (χ0) is 12.2. The number of carbonyl (C=O) groups is 1. The molecule has 0 aliphatic rings. The first kappa shape index (κ1) is 11.9. The summed E-state index contributed by atoms with van der Waals surface area (Å²) in [7, 11) is 0. The van der Waals surface area contributed by atoms with Crippen LogP contribution in [0.2, 0.25) is 0 Å². The molecule has 84 valence electrons. The minimum atomic E-state index is -0.605. The van der Waals surface area contributed by atoms with E-state index in [1.165, 1.54) is 12.4 Å². The third-order valence-electron chi connectivity index (χ3n) is 1.40. The molecular weight excluding hydrogens is 208 g/mol. The number of aromatic nitrogens is 2. The van der Waals surface area contributed by atoms with Crippen molar-refractivity contribution in [2.45, 2.75) is 26.4 Å². The number of hydrogen-bond acceptors (Lipinski definition) is 5. The molecule has 0 unspecified atom stereocenters. The second-order valence-corrected chi connectivity index (χ2v) is 4.03. The van der Waals surface area contributed by atoms with Gasteiger partial charge >= 0.3 is 6.09 Å². The van der Waals surface area contributed by atoms with E-state index in [2.05, 4.69) is 15.3 Å². The normalized spacial score (nSPS) is 10.4. The summed E-state index contributed by atoms with van der Waals surface area (Å²) in [4.78, 5) is 18.9. The highest BCUT2D eigenvalue weighted by Gasteiger charge is 2.16. The summed E-state index contributed by atoms with van der Waals surface area (Å²) in [5.41, 5.74) is -0.376. The van der Waals surface area contributed by atoms with Crippen molar-refractivity contribution < 1.29 is 9.53 Å². The second-order valence-electron chi connectivity index (χ2n) is 4.03. The van der Waals surface area contributed by atoms with E-state index in [9.17, 15) is 4.79 Å². The number of anilines is 1. The van der Waals surface area contributed by atoms with E-state index in [1.807, 2.05) is 6.07 Å². The first-order valence-electron chi connectivity index (χ1n) is 4.63. The van der Waals surface area contributed by atoms with Crippen molar-refractivity contribution in [3.8, 4) is 6.07 Å². The van der Waals surface area contributed by atoms with E-state index in [4.69, 9.17) is 10.00 Å². The number of nitrogens with one attached hydrogen (secondary N) is 1. The molecule has 0 saturated carbocycles. The molecule has 6 heteroatoms. The predicted octanol–water partition coefficient (Wildman–Crippen LogP) is 1.70. The molecule has 1 heterocycles. The highest BCUT2D eigenvalue weighted by atomic mass is 16.6. The van der Waals surface area contributed by atoms with Crippen LogP contribution in [0.4, 0.5) is 10.6 Å². The number of hydrogen-bond donors (Lipinski definition) is 1. The fraction of sp³-hybridized carbons (Fsp3) is 0.400. The summed E-state index contributed by atoms with van der Waals surface area (Å²) in [5.74, 6) is 0.244. The maximum atomic E-state index is 11.3. The van der Waals surface area contributed by atoms with Crippen LogP contribution < -0.4 is 5.32 Å². The van der Waals surface area contributed by atoms with Crippen molar-refractivity contribution in [1.82, 2.24) is 9.97 Å². The largest absolute Gasteiger partial charge is 0.444 e. The Bertz CT molecular complexity index is 414. The zero-order valence-electron chi connectivity index (χ0n) is 9.31. The molecule has 1 aromatic rings. The van der Waals surface area contributed by atoms with Crippen LogP contribution in [0, 0.1) is 11.3 Å². The zero-order valence-corrected chi connectivity index (χ0v) is 9.31. The maximum Gasteiger partial charge on any atom is 0.413 e. The van der Waals surface area contributed by atoms with E-state index in [0.29, 0.717) is 0 Å². The van der Waals surface area contributed by atoms with Crippen LogP contribution in [-0.4, -0.2) is 21.7 Å². The van der Waals surface area contributed by atoms with E-state index < -0.39 is 11.7 Å². The van der Waals surface area contributed by atoms with Crippen LogP contribution in [0.25, 0.3) is 0 Å². The van der Waals surface area contributed by atoms with Gasteiger partial charge < -0.3 is 4.74 Å². The molecule has 0 fully saturated rings. The Kier molecular flexibility index (Phi) is 3.40. The molecule has 0 atom stereocenters. The number of nitrogens with zero attached hydrogens (tertiary/aromatic N) is 3. The molecule has 16 heavy (non-hydrogen) atoms. The molecule has 1 amide bonds. The lowest BCUT2D eigenvalue weighted by atomic mass is 10.2. The Hall–Kier alpha value is -2.16. The van der Waals surface area contributed by atoms with Gasteiger partial charge in [-0.25, -0.2) is 14.8 Å². The van der Waals surface area contributed by atoms with Crippen LogP contribution in [0.3, 0.4) is 0 Å². The first-order valence-corrected chi connectivity index (χ1v) is 4.63. The van der Waals surface area contributed by atoms with Crippen molar-refractivity contribution in [2.75, 3.05) is 5.32 Å². The fourth-order valence-electron chi connectivity index (χ4n) is 0.858. The second kappa shape index (κ2) is 4.57. The average Bonchev–Trinajstić information content (AvgIpc) is 2.16. The standard InChI is InChI=1S/C10H12N4O2/c1-10(2,3)16-9(15)14-8-6-12-7(4-11)5-13-8/h5-6H,1-3H3,(H,13,14,15). The predicted molar refractivity (Wildman–Crippen MR) is 56.6 cm³/mol. The quantitative estimate of drug-likeness (QED) is 0.778. The van der Waals surface area contributed by atoms with Gasteiger partial charge in [-0.05, 0) is 20.8 Å². The Morgan fingerprint density at radius 1 is 1.44 bits per heavy atom. The number of nitriles is 1. The molecule has 0 saturated heterocycles. The van der Waals surface area contributed by atoms with Crippen LogP contribution in [0.1, 0.15) is 26.5 Å². The lowest BCUT2D eigenvalue weighted by molar-refractivity contribution is 0.0635. The van der Waals surface area contributed by atoms with Crippen LogP contribution >= 0.6 is 0 Å². The number of ether oxygens (including phenoxy) is 1. The van der Waals surface area contributed by atoms with Crippen LogP contribution in [-0.2, 0) is 4.74 Å². The van der Waals surface area contributed by atoms with Gasteiger partial charge in [0.1, 0.15) is 11.7 Å². The fourth-order valence-corrected chi connectivity index (χ4v) is 0.858. The highest BCUT2D eigenvalue weighted by Crippen LogP contribution is 2.09. The lowest BCUT2D eigenvalue weighted by Crippen LogP contribution is -2.27. The van der Waals surface area contributed by atoms with Gasteiger partial charge in [0, 0.05) is 0 Å². The summed E-state index contributed by atoms with van der Waals surface area (Å²) >= 11 is 0. The van der Waals surface area contributed by atoms with Gasteiger partial charge in [-0.1, -0.05) is 0 Å². The maximum absolute atomic E-state index is 11.3. The van der Waals surface area contributed by atoms with E-state index >= 15 is 0 Å². The molecule has 6 nitrogen and oxygen atoms in total. The summed E-state index contributed by atoms with van der Waals surface area (Å²) < 4.78 is 5.02. The molecule has 0 aromatic carbocycles. The van der Waals surface area contributed by atoms with E-state index in [1.54, 1.807) is 20.8 Å². The molecule has 0 bridgehead atoms. The molecule has 0 radical (unpaired) electrons. The molecule has 0 aliphatic carbocycles. The van der Waals surface area contributed by atoms with Crippen molar-refractivity contribution >= 4 is 11.9 Å². The Morgan fingerprint density at radius 3 is 2.56 bits per heavy atom. The summed E-state index contributed by atoms with van der Waals surface area (Å²) in [6, 6.07) is 1.83. The Balaban J connectivity index is 2.61. The Morgan fingerprint density at radius 2 is 2.12 bits per heavy atom. The van der Waals surface area contributed by atoms with Gasteiger partial charge in [-0.15, -0.1) is 0 Å². The summed E-state index contributed by atoms with van der Waals surface area (Å²) in [6.07, 6.45) is 1.96. The highest BCUT2D eigenvalue weighted by molar-refractivity contribution is 5.83. The number of carbonyl (C=O) groups excluding carboxylic acids is 1. The van der Waals surface area contributed by atoms with Gasteiger partial charge in [-0.3, -0.25) is 5.32 Å². The van der Waals surface area contributed by atoms with Gasteiger partial charge in [0.15, 0.2) is 11.5 Å². The smallest absolute Gasteiger partial charge is 0.413 e. The van der Waals surface area contributed by atoms with E-state index in [0.717, 1.165) is 0 Å². The Labute approximate surface area is 93.3 Å². The lowest BCUT2D eigenvalue weighted by Gasteiger charge is -2.19. The number of rotatable bonds is 1. The van der Waals surface area contributed by atoms with Crippen LogP contribution in [0.5, 0.6) is 0 Å². The van der Waals surface area contributed by atoms with Gasteiger partial charge in [-0.2, -0.15) is 5.26 Å². The molecule has 0 spiro atoms. The SMILES string of the molecule is CC(C)(C)OC(=O)Nc1cnc(C#N)cn1. The minimum absolute atomic E-state index is 0.190. The summed E-state index contributed by atoms with van der Waals surface area (Å²) in [5, 5.41) is 10.9. The summed E-state index contributed by atoms with van der Waals surface area (Å²) in [6.45, 7) is 5.28. The van der Waals surface area contributed by atoms with E-state index in [-0.39, 0.29) is 11.5 Å². The van der Waals surface area contributed by atoms with Gasteiger partial charge in [0.05, 0.1) is 12.4 Å². The van der Waals surface area contributed by atoms with Crippen molar-refractivity contribution in [3.63, 3.8) is 0 Å². The van der Waals surface area contributed by atoms with Gasteiger partial charge in [0.25, 0.3) is 0 Å². The third kappa shape index (κ3) is 3.92. The van der Waals surface area contributed by atoms with Crippen molar-refractivity contribution in [2.24, 2.45) is 0 Å². The molecule has 0 aliphatic heterocycles. The van der Waals surface area contributed by atoms with Gasteiger partial charge in [0.2, 0.25) is 0 Å². The average molecular weight is 220 g/mol. The molecule has 1 N–H and O–H groups in total. The molecule has 1 aromatic heterocycles. The van der Waals surface area contributed by atoms with Crippen molar-refractivity contribution in [3.05, 3.63) is 18.1 Å². The topological polar surface area (TPSA) is 87.9 Å². The first-order chi connectivity index (χ1) is 7.40. The van der Waals surface area contributed by atoms with Crippen LogP contribution in [0.15, 0.2) is 12.4 Å².